The van der Waals surface area contributed by atoms with Gasteiger partial charge in [-0.3, -0.25) is 0 Å². The third-order valence-corrected chi connectivity index (χ3v) is 4.99. The van der Waals surface area contributed by atoms with E-state index in [1.165, 1.54) is 11.1 Å². The second-order valence-electron chi connectivity index (χ2n) is 7.61. The van der Waals surface area contributed by atoms with Crippen LogP contribution in [0.2, 0.25) is 0 Å². The molecule has 0 radical (unpaired) electrons. The Morgan fingerprint density at radius 1 is 0.900 bits per heavy atom. The van der Waals surface area contributed by atoms with Crippen LogP contribution in [0.15, 0.2) is 59.3 Å². The Morgan fingerprint density at radius 2 is 1.53 bits per heavy atom. The predicted octanol–water partition coefficient (Wildman–Crippen LogP) is 5.40. The summed E-state index contributed by atoms with van der Waals surface area (Å²) in [5.41, 5.74) is 3.36. The van der Waals surface area contributed by atoms with Gasteiger partial charge in [-0.1, -0.05) is 61.0 Å². The first kappa shape index (κ1) is 19.7. The molecule has 4 aromatic rings. The lowest BCUT2D eigenvalue weighted by molar-refractivity contribution is 0.409. The summed E-state index contributed by atoms with van der Waals surface area (Å²) in [7, 11) is 0. The summed E-state index contributed by atoms with van der Waals surface area (Å²) in [5.74, 6) is 0.216. The first-order valence-electron chi connectivity index (χ1n) is 9.52. The standard InChI is InChI=1S/C23H21FN4O2/c1-14-5-7-16(8-6-14)23(3,4)17-9-11-18(12-10-17)29-21-19(24)13-25-20(27-21)22-26-15(2)28-30-22/h5-13H,1-4H3. The number of aryl methyl sites for hydroxylation is 2. The topological polar surface area (TPSA) is 73.9 Å². The molecule has 2 aromatic carbocycles. The van der Waals surface area contributed by atoms with Gasteiger partial charge < -0.3 is 9.26 Å². The molecule has 0 fully saturated rings. The van der Waals surface area contributed by atoms with Crippen LogP contribution in [0.5, 0.6) is 11.6 Å². The normalized spacial score (nSPS) is 11.5. The highest BCUT2D eigenvalue weighted by atomic mass is 19.1. The monoisotopic (exact) mass is 404 g/mol. The highest BCUT2D eigenvalue weighted by molar-refractivity contribution is 5.43. The van der Waals surface area contributed by atoms with Crippen molar-refractivity contribution in [1.82, 2.24) is 20.1 Å². The summed E-state index contributed by atoms with van der Waals surface area (Å²) < 4.78 is 24.9. The summed E-state index contributed by atoms with van der Waals surface area (Å²) in [5, 5.41) is 3.69. The molecule has 0 N–H and O–H groups in total. The summed E-state index contributed by atoms with van der Waals surface area (Å²) in [6, 6.07) is 16.0. The molecule has 0 aliphatic rings. The predicted molar refractivity (Wildman–Crippen MR) is 110 cm³/mol. The van der Waals surface area contributed by atoms with Gasteiger partial charge >= 0.3 is 0 Å². The SMILES string of the molecule is Cc1ccc(C(C)(C)c2ccc(Oc3nc(-c4nc(C)no4)ncc3F)cc2)cc1. The number of rotatable bonds is 5. The lowest BCUT2D eigenvalue weighted by Gasteiger charge is -2.26. The molecule has 0 unspecified atom stereocenters. The zero-order valence-electron chi connectivity index (χ0n) is 17.2. The smallest absolute Gasteiger partial charge is 0.295 e. The molecule has 4 rings (SSSR count). The first-order valence-corrected chi connectivity index (χ1v) is 9.52. The van der Waals surface area contributed by atoms with Crippen molar-refractivity contribution in [3.8, 4) is 23.3 Å². The van der Waals surface area contributed by atoms with Crippen molar-refractivity contribution >= 4 is 0 Å². The van der Waals surface area contributed by atoms with Gasteiger partial charge in [-0.05, 0) is 37.1 Å². The van der Waals surface area contributed by atoms with Crippen LogP contribution >= 0.6 is 0 Å². The van der Waals surface area contributed by atoms with Crippen molar-refractivity contribution in [3.63, 3.8) is 0 Å². The maximum atomic E-state index is 14.2. The van der Waals surface area contributed by atoms with Gasteiger partial charge in [0, 0.05) is 5.41 Å². The fourth-order valence-electron chi connectivity index (χ4n) is 3.10. The fourth-order valence-corrected chi connectivity index (χ4v) is 3.10. The Bertz CT molecular complexity index is 1170. The maximum absolute atomic E-state index is 14.2. The average Bonchev–Trinajstić information content (AvgIpc) is 3.17. The molecule has 0 saturated carbocycles. The number of hydrogen-bond acceptors (Lipinski definition) is 6. The van der Waals surface area contributed by atoms with E-state index in [1.54, 1.807) is 19.1 Å². The van der Waals surface area contributed by atoms with Gasteiger partial charge in [0.2, 0.25) is 11.6 Å². The summed E-state index contributed by atoms with van der Waals surface area (Å²) in [6.45, 7) is 8.07. The molecule has 2 aromatic heterocycles. The van der Waals surface area contributed by atoms with Gasteiger partial charge in [-0.2, -0.15) is 14.4 Å². The van der Waals surface area contributed by atoms with Crippen LogP contribution in [0.1, 0.15) is 36.4 Å². The van der Waals surface area contributed by atoms with E-state index >= 15 is 0 Å². The summed E-state index contributed by atoms with van der Waals surface area (Å²) >= 11 is 0. The van der Waals surface area contributed by atoms with E-state index < -0.39 is 5.82 Å². The van der Waals surface area contributed by atoms with E-state index in [9.17, 15) is 4.39 Å². The number of hydrogen-bond donors (Lipinski definition) is 0. The number of benzene rings is 2. The maximum Gasteiger partial charge on any atom is 0.295 e. The largest absolute Gasteiger partial charge is 0.436 e. The van der Waals surface area contributed by atoms with Crippen LogP contribution in [0.3, 0.4) is 0 Å². The van der Waals surface area contributed by atoms with Gasteiger partial charge in [0.25, 0.3) is 11.8 Å². The Kier molecular flexibility index (Phi) is 5.03. The minimum Gasteiger partial charge on any atom is -0.436 e. The van der Waals surface area contributed by atoms with Gasteiger partial charge in [-0.25, -0.2) is 4.98 Å². The Balaban J connectivity index is 1.57. The molecule has 152 valence electrons. The second-order valence-corrected chi connectivity index (χ2v) is 7.61. The van der Waals surface area contributed by atoms with E-state index in [4.69, 9.17) is 9.26 Å². The molecule has 0 amide bonds. The van der Waals surface area contributed by atoms with Crippen molar-refractivity contribution in [2.75, 3.05) is 0 Å². The van der Waals surface area contributed by atoms with Crippen molar-refractivity contribution in [2.24, 2.45) is 0 Å². The zero-order chi connectivity index (χ0) is 21.3. The molecule has 0 saturated heterocycles. The van der Waals surface area contributed by atoms with E-state index in [0.717, 1.165) is 11.8 Å². The van der Waals surface area contributed by atoms with Gasteiger partial charge in [0.1, 0.15) is 5.75 Å². The van der Waals surface area contributed by atoms with E-state index in [-0.39, 0.29) is 23.0 Å². The van der Waals surface area contributed by atoms with Crippen molar-refractivity contribution < 1.29 is 13.7 Å². The van der Waals surface area contributed by atoms with Gasteiger partial charge in [0.05, 0.1) is 6.20 Å². The number of aromatic nitrogens is 4. The van der Waals surface area contributed by atoms with Crippen LogP contribution < -0.4 is 4.74 Å². The Hall–Kier alpha value is -3.61. The highest BCUT2D eigenvalue weighted by Crippen LogP contribution is 2.33. The van der Waals surface area contributed by atoms with Crippen LogP contribution in [0, 0.1) is 19.7 Å². The van der Waals surface area contributed by atoms with E-state index in [2.05, 4.69) is 65.1 Å². The van der Waals surface area contributed by atoms with Crippen LogP contribution in [0.4, 0.5) is 4.39 Å². The molecule has 0 bridgehead atoms. The molecular formula is C23H21FN4O2. The van der Waals surface area contributed by atoms with Crippen molar-refractivity contribution in [1.29, 1.82) is 0 Å². The molecule has 7 heteroatoms. The molecule has 0 aliphatic carbocycles. The third kappa shape index (κ3) is 3.91. The van der Waals surface area contributed by atoms with Crippen molar-refractivity contribution in [2.45, 2.75) is 33.1 Å². The van der Waals surface area contributed by atoms with Crippen LogP contribution in [-0.2, 0) is 5.41 Å². The third-order valence-electron chi connectivity index (χ3n) is 4.99. The Labute approximate surface area is 173 Å². The lowest BCUT2D eigenvalue weighted by Crippen LogP contribution is -2.18. The zero-order valence-corrected chi connectivity index (χ0v) is 17.2. The lowest BCUT2D eigenvalue weighted by atomic mass is 9.78. The van der Waals surface area contributed by atoms with E-state index in [0.29, 0.717) is 11.6 Å². The van der Waals surface area contributed by atoms with E-state index in [1.807, 2.05) is 12.1 Å². The number of halogens is 1. The van der Waals surface area contributed by atoms with Gasteiger partial charge in [0.15, 0.2) is 5.82 Å². The van der Waals surface area contributed by atoms with Crippen LogP contribution in [-0.4, -0.2) is 20.1 Å². The quantitative estimate of drug-likeness (QED) is 0.443. The molecule has 2 heterocycles. The summed E-state index contributed by atoms with van der Waals surface area (Å²) in [6.07, 6.45) is 1.02. The minimum absolute atomic E-state index is 0.101. The summed E-state index contributed by atoms with van der Waals surface area (Å²) in [4.78, 5) is 12.0. The molecule has 0 atom stereocenters. The Morgan fingerprint density at radius 3 is 2.13 bits per heavy atom. The molecule has 0 aliphatic heterocycles. The first-order chi connectivity index (χ1) is 14.3. The minimum atomic E-state index is -0.681. The molecule has 6 nitrogen and oxygen atoms in total. The molecule has 30 heavy (non-hydrogen) atoms. The molecule has 0 spiro atoms. The van der Waals surface area contributed by atoms with Crippen LogP contribution in [0.25, 0.3) is 11.7 Å². The molecular weight excluding hydrogens is 383 g/mol. The average molecular weight is 404 g/mol. The number of nitrogens with zero attached hydrogens (tertiary/aromatic N) is 4. The highest BCUT2D eigenvalue weighted by Gasteiger charge is 2.23. The fraction of sp³-hybridized carbons (Fsp3) is 0.217. The van der Waals surface area contributed by atoms with Crippen molar-refractivity contribution in [3.05, 3.63) is 83.1 Å². The van der Waals surface area contributed by atoms with Gasteiger partial charge in [-0.15, -0.1) is 0 Å². The second kappa shape index (κ2) is 7.67. The number of ether oxygens (including phenoxy) is 1.